The summed E-state index contributed by atoms with van der Waals surface area (Å²) >= 11 is 14.0. The first-order valence-electron chi connectivity index (χ1n) is 24.7. The second-order valence-corrected chi connectivity index (χ2v) is 18.8. The molecule has 13 nitrogen and oxygen atoms in total. The third-order valence-electron chi connectivity index (χ3n) is 13.2. The molecule has 0 saturated carbocycles. The fourth-order valence-electron chi connectivity index (χ4n) is 9.11. The van der Waals surface area contributed by atoms with Gasteiger partial charge in [-0.15, -0.1) is 0 Å². The van der Waals surface area contributed by atoms with Crippen LogP contribution in [0.15, 0.2) is 54.9 Å². The molecule has 0 bridgehead atoms. The van der Waals surface area contributed by atoms with E-state index >= 15 is 0 Å². The van der Waals surface area contributed by atoms with Gasteiger partial charge >= 0.3 is 5.97 Å². The third-order valence-corrected chi connectivity index (χ3v) is 14.0. The Hall–Kier alpha value is -4.37. The summed E-state index contributed by atoms with van der Waals surface area (Å²) < 4.78 is 11.4. The molecule has 2 fully saturated rings. The Bertz CT molecular complexity index is 2180. The zero-order valence-corrected chi connectivity index (χ0v) is 41.4. The minimum Gasteiger partial charge on any atom is -0.496 e. The first-order chi connectivity index (χ1) is 32.7. The van der Waals surface area contributed by atoms with Gasteiger partial charge in [0.1, 0.15) is 11.4 Å². The van der Waals surface area contributed by atoms with Crippen molar-refractivity contribution < 1.29 is 24.2 Å². The van der Waals surface area contributed by atoms with Crippen LogP contribution in [0.3, 0.4) is 0 Å². The Morgan fingerprint density at radius 2 is 1.46 bits per heavy atom. The van der Waals surface area contributed by atoms with Crippen LogP contribution in [0.2, 0.25) is 10.0 Å². The second-order valence-electron chi connectivity index (χ2n) is 18.1. The Balaban J connectivity index is 0.962. The SMILES string of the molecule is CCCCCCCCCCCCCCCNN1CCC(NCc2ccc(-c3ccnc(-c4cccc(NC(=O)c5cc(OC)c(CN6CCC(C(=O)O)CC6)cn5)c4Cl)c3Cl)nc2OC)CC1. The van der Waals surface area contributed by atoms with Crippen molar-refractivity contribution in [3.63, 3.8) is 0 Å². The number of carbonyl (C=O) groups is 2. The molecule has 67 heavy (non-hydrogen) atoms. The zero-order chi connectivity index (χ0) is 47.4. The van der Waals surface area contributed by atoms with E-state index in [-0.39, 0.29) is 16.6 Å². The lowest BCUT2D eigenvalue weighted by molar-refractivity contribution is -0.143. The van der Waals surface area contributed by atoms with Gasteiger partial charge in [0.05, 0.1) is 47.3 Å². The molecule has 4 N–H and O–H groups in total. The van der Waals surface area contributed by atoms with Crippen molar-refractivity contribution in [1.82, 2.24) is 35.6 Å². The van der Waals surface area contributed by atoms with Crippen LogP contribution in [0.1, 0.15) is 138 Å². The van der Waals surface area contributed by atoms with Gasteiger partial charge in [0.2, 0.25) is 5.88 Å². The highest BCUT2D eigenvalue weighted by atomic mass is 35.5. The number of methoxy groups -OCH3 is 2. The summed E-state index contributed by atoms with van der Waals surface area (Å²) in [6, 6.07) is 13.1. The lowest BCUT2D eigenvalue weighted by Gasteiger charge is -2.33. The molecule has 2 saturated heterocycles. The number of aromatic nitrogens is 3. The molecular weight excluding hydrogens is 888 g/mol. The topological polar surface area (TPSA) is 154 Å². The van der Waals surface area contributed by atoms with Crippen LogP contribution in [0.25, 0.3) is 22.5 Å². The molecule has 6 rings (SSSR count). The van der Waals surface area contributed by atoms with Gasteiger partial charge in [-0.05, 0) is 63.4 Å². The van der Waals surface area contributed by atoms with Gasteiger partial charge in [-0.3, -0.25) is 29.9 Å². The van der Waals surface area contributed by atoms with Gasteiger partial charge in [-0.1, -0.05) is 125 Å². The number of unbranched alkanes of at least 4 members (excludes halogenated alkanes) is 12. The minimum atomic E-state index is -0.750. The van der Waals surface area contributed by atoms with E-state index < -0.39 is 11.9 Å². The van der Waals surface area contributed by atoms with E-state index in [1.54, 1.807) is 50.9 Å². The number of hydrogen-bond acceptors (Lipinski definition) is 11. The van der Waals surface area contributed by atoms with Gasteiger partial charge in [0, 0.05) is 79.5 Å². The highest BCUT2D eigenvalue weighted by Crippen LogP contribution is 2.40. The van der Waals surface area contributed by atoms with Gasteiger partial charge < -0.3 is 25.2 Å². The van der Waals surface area contributed by atoms with Crippen molar-refractivity contribution in [2.24, 2.45) is 5.92 Å². The molecule has 0 aliphatic carbocycles. The molecule has 2 aliphatic rings. The number of nitrogens with one attached hydrogen (secondary N) is 3. The third kappa shape index (κ3) is 15.6. The fourth-order valence-corrected chi connectivity index (χ4v) is 9.68. The molecule has 0 unspecified atom stereocenters. The summed E-state index contributed by atoms with van der Waals surface area (Å²) in [5.41, 5.74) is 8.22. The smallest absolute Gasteiger partial charge is 0.306 e. The van der Waals surface area contributed by atoms with Gasteiger partial charge in [0.25, 0.3) is 5.91 Å². The Labute approximate surface area is 408 Å². The highest BCUT2D eigenvalue weighted by molar-refractivity contribution is 6.39. The van der Waals surface area contributed by atoms with Crippen molar-refractivity contribution in [2.45, 2.75) is 135 Å². The first kappa shape index (κ1) is 52.0. The van der Waals surface area contributed by atoms with Crippen molar-refractivity contribution in [1.29, 1.82) is 0 Å². The number of carboxylic acid groups (broad SMARTS) is 1. The van der Waals surface area contributed by atoms with Crippen LogP contribution < -0.4 is 25.5 Å². The Morgan fingerprint density at radius 1 is 0.776 bits per heavy atom. The first-order valence-corrected chi connectivity index (χ1v) is 25.4. The summed E-state index contributed by atoms with van der Waals surface area (Å²) in [5, 5.41) is 19.0. The number of likely N-dealkylation sites (tertiary alicyclic amines) is 1. The van der Waals surface area contributed by atoms with Crippen LogP contribution in [0, 0.1) is 5.92 Å². The van der Waals surface area contributed by atoms with E-state index in [4.69, 9.17) is 37.7 Å². The van der Waals surface area contributed by atoms with Crippen molar-refractivity contribution in [2.75, 3.05) is 52.3 Å². The Morgan fingerprint density at radius 3 is 2.12 bits per heavy atom. The number of aliphatic carboxylic acids is 1. The fraction of sp³-hybridized carbons (Fsp3) is 0.558. The molecule has 4 aromatic rings. The number of hydrogen-bond donors (Lipinski definition) is 4. The minimum absolute atomic E-state index is 0.150. The summed E-state index contributed by atoms with van der Waals surface area (Å²) in [6.45, 7) is 7.87. The van der Waals surface area contributed by atoms with Crippen molar-refractivity contribution in [3.05, 3.63) is 81.7 Å². The maximum Gasteiger partial charge on any atom is 0.306 e. The molecule has 15 heteroatoms. The maximum atomic E-state index is 13.5. The summed E-state index contributed by atoms with van der Waals surface area (Å²) in [4.78, 5) is 41.0. The number of halogens is 2. The van der Waals surface area contributed by atoms with E-state index in [0.29, 0.717) is 89.9 Å². The van der Waals surface area contributed by atoms with Crippen molar-refractivity contribution >= 4 is 40.8 Å². The normalized spacial score (nSPS) is 15.2. The average Bonchev–Trinajstić information content (AvgIpc) is 3.35. The maximum absolute atomic E-state index is 13.5. The van der Waals surface area contributed by atoms with Crippen LogP contribution in [0.4, 0.5) is 5.69 Å². The number of hydrazine groups is 1. The lowest BCUT2D eigenvalue weighted by Crippen LogP contribution is -2.48. The predicted molar refractivity (Wildman–Crippen MR) is 269 cm³/mol. The number of ether oxygens (including phenoxy) is 2. The number of benzene rings is 1. The number of amides is 1. The van der Waals surface area contributed by atoms with Crippen molar-refractivity contribution in [3.8, 4) is 34.1 Å². The van der Waals surface area contributed by atoms with E-state index in [1.807, 2.05) is 18.2 Å². The zero-order valence-electron chi connectivity index (χ0n) is 39.9. The van der Waals surface area contributed by atoms with Crippen LogP contribution in [0.5, 0.6) is 11.6 Å². The van der Waals surface area contributed by atoms with E-state index in [9.17, 15) is 14.7 Å². The second kappa shape index (κ2) is 27.6. The number of piperidine rings is 2. The Kier molecular flexibility index (Phi) is 21.4. The number of rotatable bonds is 27. The molecule has 2 aliphatic heterocycles. The molecule has 5 heterocycles. The predicted octanol–water partition coefficient (Wildman–Crippen LogP) is 11.2. The molecule has 1 aromatic carbocycles. The molecule has 1 amide bonds. The van der Waals surface area contributed by atoms with E-state index in [0.717, 1.165) is 43.6 Å². The molecule has 3 aromatic heterocycles. The molecule has 0 spiro atoms. The summed E-state index contributed by atoms with van der Waals surface area (Å²) in [7, 11) is 3.18. The molecular formula is C52H72Cl2N8O5. The number of carbonyl (C=O) groups excluding carboxylic acids is 1. The summed E-state index contributed by atoms with van der Waals surface area (Å²) in [6.07, 6.45) is 24.5. The molecule has 0 radical (unpaired) electrons. The number of carboxylic acids is 1. The number of nitrogens with zero attached hydrogens (tertiary/aromatic N) is 5. The number of anilines is 1. The van der Waals surface area contributed by atoms with Gasteiger partial charge in [-0.25, -0.2) is 9.99 Å². The van der Waals surface area contributed by atoms with Crippen LogP contribution in [-0.2, 0) is 17.9 Å². The summed E-state index contributed by atoms with van der Waals surface area (Å²) in [5.74, 6) is -0.498. The number of pyridine rings is 3. The standard InChI is InChI=1S/C52H72Cl2N8O5/c1-4-5-6-7-8-9-10-11-12-13-14-15-16-27-58-62-31-25-40(26-32-62)56-34-38-20-21-43(60-51(38)67-3)41-22-28-55-49(48(41)54)42-18-17-19-44(47(42)53)59-50(63)45-33-46(66-2)39(35-57-45)36-61-29-23-37(24-30-61)52(64)65/h17-22,28,33,35,37,40,56,58H,4-16,23-27,29-32,34,36H2,1-3H3,(H,59,63)(H,64,65). The van der Waals surface area contributed by atoms with Crippen LogP contribution >= 0.6 is 23.2 Å². The largest absolute Gasteiger partial charge is 0.496 e. The van der Waals surface area contributed by atoms with E-state index in [1.165, 1.54) is 83.5 Å². The quantitative estimate of drug-likeness (QED) is 0.0421. The highest BCUT2D eigenvalue weighted by Gasteiger charge is 2.26. The van der Waals surface area contributed by atoms with Gasteiger partial charge in [-0.2, -0.15) is 0 Å². The monoisotopic (exact) mass is 959 g/mol. The average molecular weight is 960 g/mol. The van der Waals surface area contributed by atoms with Crippen LogP contribution in [-0.4, -0.2) is 94.8 Å². The molecule has 364 valence electrons. The molecule has 0 atom stereocenters. The van der Waals surface area contributed by atoms with E-state index in [2.05, 4.69) is 42.9 Å². The lowest BCUT2D eigenvalue weighted by atomic mass is 9.97. The van der Waals surface area contributed by atoms with Gasteiger partial charge in [0.15, 0.2) is 0 Å².